The Morgan fingerprint density at radius 2 is 2.14 bits per heavy atom. The Bertz CT molecular complexity index is 351. The van der Waals surface area contributed by atoms with Gasteiger partial charge in [0.1, 0.15) is 0 Å². The zero-order chi connectivity index (χ0) is 10.6. The molecule has 0 fully saturated rings. The predicted molar refractivity (Wildman–Crippen MR) is 48.9 cm³/mol. The van der Waals surface area contributed by atoms with Crippen molar-refractivity contribution < 1.29 is 13.9 Å². The lowest BCUT2D eigenvalue weighted by Gasteiger charge is -2.04. The predicted octanol–water partition coefficient (Wildman–Crippen LogP) is 2.56. The van der Waals surface area contributed by atoms with Crippen LogP contribution in [0.15, 0.2) is 29.2 Å². The van der Waals surface area contributed by atoms with Crippen molar-refractivity contribution in [3.63, 3.8) is 0 Å². The van der Waals surface area contributed by atoms with Crippen LogP contribution in [0.5, 0.6) is 0 Å². The third kappa shape index (κ3) is 2.98. The van der Waals surface area contributed by atoms with Crippen LogP contribution in [-0.2, 0) is 0 Å². The van der Waals surface area contributed by atoms with Crippen molar-refractivity contribution in [3.8, 4) is 6.07 Å². The Balaban J connectivity index is 2.85. The number of hydrogen-bond acceptors (Lipinski definition) is 3. The SMILES string of the molecule is N#CC(O)c1cccc(SC(F)F)c1. The fourth-order valence-corrected chi connectivity index (χ4v) is 1.50. The van der Waals surface area contributed by atoms with E-state index in [-0.39, 0.29) is 0 Å². The molecule has 1 unspecified atom stereocenters. The van der Waals surface area contributed by atoms with Crippen LogP contribution in [0.25, 0.3) is 0 Å². The number of halogens is 2. The first-order valence-electron chi connectivity index (χ1n) is 3.76. The van der Waals surface area contributed by atoms with Gasteiger partial charge in [0.2, 0.25) is 0 Å². The van der Waals surface area contributed by atoms with E-state index in [9.17, 15) is 8.78 Å². The number of nitrogens with zero attached hydrogens (tertiary/aromatic N) is 1. The van der Waals surface area contributed by atoms with Crippen LogP contribution in [0, 0.1) is 11.3 Å². The summed E-state index contributed by atoms with van der Waals surface area (Å²) in [6.45, 7) is 0. The second kappa shape index (κ2) is 4.94. The summed E-state index contributed by atoms with van der Waals surface area (Å²) in [6, 6.07) is 7.55. The third-order valence-corrected chi connectivity index (χ3v) is 2.23. The maximum absolute atomic E-state index is 12.0. The zero-order valence-corrected chi connectivity index (χ0v) is 7.84. The monoisotopic (exact) mass is 215 g/mol. The van der Waals surface area contributed by atoms with Gasteiger partial charge in [0.15, 0.2) is 6.10 Å². The highest BCUT2D eigenvalue weighted by Gasteiger charge is 2.09. The van der Waals surface area contributed by atoms with Gasteiger partial charge in [-0.3, -0.25) is 0 Å². The van der Waals surface area contributed by atoms with Crippen molar-refractivity contribution in [2.75, 3.05) is 0 Å². The summed E-state index contributed by atoms with van der Waals surface area (Å²) in [5.41, 5.74) is 0.332. The lowest BCUT2D eigenvalue weighted by molar-refractivity contribution is 0.235. The minimum Gasteiger partial charge on any atom is -0.374 e. The van der Waals surface area contributed by atoms with Crippen LogP contribution in [0.3, 0.4) is 0 Å². The van der Waals surface area contributed by atoms with Crippen molar-refractivity contribution in [1.29, 1.82) is 5.26 Å². The Labute approximate surface area is 84.2 Å². The first kappa shape index (κ1) is 11.0. The van der Waals surface area contributed by atoms with Crippen molar-refractivity contribution in [3.05, 3.63) is 29.8 Å². The van der Waals surface area contributed by atoms with Gasteiger partial charge in [-0.15, -0.1) is 0 Å². The highest BCUT2D eigenvalue weighted by atomic mass is 32.2. The Hall–Kier alpha value is -1.12. The molecule has 0 amide bonds. The van der Waals surface area contributed by atoms with E-state index in [1.54, 1.807) is 6.07 Å². The minimum atomic E-state index is -2.50. The summed E-state index contributed by atoms with van der Waals surface area (Å²) in [5, 5.41) is 17.5. The van der Waals surface area contributed by atoms with Gasteiger partial charge in [-0.05, 0) is 17.7 Å². The van der Waals surface area contributed by atoms with Crippen LogP contribution in [0.1, 0.15) is 11.7 Å². The van der Waals surface area contributed by atoms with Gasteiger partial charge in [-0.25, -0.2) is 0 Å². The summed E-state index contributed by atoms with van der Waals surface area (Å²) in [5.74, 6) is -2.50. The molecule has 14 heavy (non-hydrogen) atoms. The summed E-state index contributed by atoms with van der Waals surface area (Å²) in [4.78, 5) is 0.340. The molecule has 0 radical (unpaired) electrons. The molecule has 0 bridgehead atoms. The molecule has 1 N–H and O–H groups in total. The number of benzene rings is 1. The smallest absolute Gasteiger partial charge is 0.288 e. The fourth-order valence-electron chi connectivity index (χ4n) is 0.935. The van der Waals surface area contributed by atoms with E-state index < -0.39 is 11.9 Å². The Morgan fingerprint density at radius 3 is 2.71 bits per heavy atom. The maximum Gasteiger partial charge on any atom is 0.288 e. The maximum atomic E-state index is 12.0. The normalized spacial score (nSPS) is 12.5. The van der Waals surface area contributed by atoms with Crippen molar-refractivity contribution in [2.45, 2.75) is 16.8 Å². The second-order valence-electron chi connectivity index (χ2n) is 2.48. The van der Waals surface area contributed by atoms with Gasteiger partial charge >= 0.3 is 0 Å². The first-order valence-corrected chi connectivity index (χ1v) is 4.64. The largest absolute Gasteiger partial charge is 0.374 e. The van der Waals surface area contributed by atoms with Crippen LogP contribution in [-0.4, -0.2) is 10.9 Å². The molecule has 1 atom stereocenters. The van der Waals surface area contributed by atoms with Gasteiger partial charge in [0.25, 0.3) is 5.76 Å². The lowest BCUT2D eigenvalue weighted by Crippen LogP contribution is -1.93. The van der Waals surface area contributed by atoms with E-state index in [1.165, 1.54) is 24.3 Å². The molecule has 1 rings (SSSR count). The molecule has 0 aromatic heterocycles. The van der Waals surface area contributed by atoms with Crippen molar-refractivity contribution >= 4 is 11.8 Å². The molecule has 1 aromatic rings. The molecule has 2 nitrogen and oxygen atoms in total. The standard InChI is InChI=1S/C9H7F2NOS/c10-9(11)14-7-3-1-2-6(4-7)8(13)5-12/h1-4,8-9,13H. The van der Waals surface area contributed by atoms with Gasteiger partial charge in [-0.2, -0.15) is 14.0 Å². The molecule has 0 saturated heterocycles. The van der Waals surface area contributed by atoms with Crippen LogP contribution >= 0.6 is 11.8 Å². The molecule has 1 aromatic carbocycles. The van der Waals surface area contributed by atoms with E-state index >= 15 is 0 Å². The summed E-state index contributed by atoms with van der Waals surface area (Å²) >= 11 is 0.387. The lowest BCUT2D eigenvalue weighted by atomic mass is 10.1. The number of rotatable bonds is 3. The van der Waals surface area contributed by atoms with Crippen LogP contribution < -0.4 is 0 Å². The molecule has 0 aliphatic carbocycles. The molecule has 74 valence electrons. The second-order valence-corrected chi connectivity index (χ2v) is 3.55. The average molecular weight is 215 g/mol. The minimum absolute atomic E-state index is 0.332. The van der Waals surface area contributed by atoms with Gasteiger partial charge in [0, 0.05) is 4.90 Å². The third-order valence-electron chi connectivity index (χ3n) is 1.52. The van der Waals surface area contributed by atoms with Gasteiger partial charge in [-0.1, -0.05) is 23.9 Å². The summed E-state index contributed by atoms with van der Waals surface area (Å²) < 4.78 is 23.9. The molecule has 0 heterocycles. The van der Waals surface area contributed by atoms with E-state index in [0.29, 0.717) is 22.2 Å². The summed E-state index contributed by atoms with van der Waals surface area (Å²) in [7, 11) is 0. The van der Waals surface area contributed by atoms with E-state index in [4.69, 9.17) is 10.4 Å². The molecule has 0 saturated carbocycles. The molecular formula is C9H7F2NOS. The molecule has 0 spiro atoms. The molecule has 0 aliphatic heterocycles. The number of thioether (sulfide) groups is 1. The van der Waals surface area contributed by atoms with Crippen molar-refractivity contribution in [1.82, 2.24) is 0 Å². The van der Waals surface area contributed by atoms with E-state index in [2.05, 4.69) is 0 Å². The number of aliphatic hydroxyl groups is 1. The number of aliphatic hydroxyl groups excluding tert-OH is 1. The molecule has 0 aliphatic rings. The number of nitriles is 1. The van der Waals surface area contributed by atoms with Gasteiger partial charge < -0.3 is 5.11 Å². The topological polar surface area (TPSA) is 44.0 Å². The average Bonchev–Trinajstić information content (AvgIpc) is 2.16. The Kier molecular flexibility index (Phi) is 3.86. The highest BCUT2D eigenvalue weighted by Crippen LogP contribution is 2.27. The highest BCUT2D eigenvalue weighted by molar-refractivity contribution is 7.99. The Morgan fingerprint density at radius 1 is 1.43 bits per heavy atom. The fraction of sp³-hybridized carbons (Fsp3) is 0.222. The van der Waals surface area contributed by atoms with E-state index in [0.717, 1.165) is 0 Å². The number of hydrogen-bond donors (Lipinski definition) is 1. The molecular weight excluding hydrogens is 208 g/mol. The zero-order valence-electron chi connectivity index (χ0n) is 7.02. The van der Waals surface area contributed by atoms with Crippen LogP contribution in [0.2, 0.25) is 0 Å². The van der Waals surface area contributed by atoms with Crippen molar-refractivity contribution in [2.24, 2.45) is 0 Å². The van der Waals surface area contributed by atoms with E-state index in [1.807, 2.05) is 0 Å². The summed E-state index contributed by atoms with van der Waals surface area (Å²) in [6.07, 6.45) is -1.26. The number of alkyl halides is 2. The quantitative estimate of drug-likeness (QED) is 0.622. The van der Waals surface area contributed by atoms with Crippen LogP contribution in [0.4, 0.5) is 8.78 Å². The first-order chi connectivity index (χ1) is 6.63. The molecule has 5 heteroatoms. The van der Waals surface area contributed by atoms with Gasteiger partial charge in [0.05, 0.1) is 6.07 Å².